The number of piperidine rings is 2. The monoisotopic (exact) mass is 765 g/mol. The van der Waals surface area contributed by atoms with Crippen molar-refractivity contribution in [1.29, 1.82) is 0 Å². The van der Waals surface area contributed by atoms with Gasteiger partial charge in [0.05, 0.1) is 0 Å². The second-order valence-corrected chi connectivity index (χ2v) is 19.3. The summed E-state index contributed by atoms with van der Waals surface area (Å²) < 4.78 is 12.9. The smallest absolute Gasteiger partial charge is 0.324 e. The molecule has 312 valence electrons. The normalized spacial score (nSPS) is 29.4. The van der Waals surface area contributed by atoms with E-state index in [0.29, 0.717) is 48.8 Å². The van der Waals surface area contributed by atoms with Crippen LogP contribution in [0, 0.1) is 18.8 Å². The molecule has 9 nitrogen and oxygen atoms in total. The molecule has 2 fully saturated rings. The third kappa shape index (κ3) is 9.73. The van der Waals surface area contributed by atoms with Gasteiger partial charge in [-0.2, -0.15) is 9.97 Å². The van der Waals surface area contributed by atoms with Gasteiger partial charge in [0.2, 0.25) is 5.95 Å². The van der Waals surface area contributed by atoms with Gasteiger partial charge in [-0.05, 0) is 133 Å². The predicted octanol–water partition coefficient (Wildman–Crippen LogP) is 10.1. The number of aryl methyl sites for hydroxylation is 2. The van der Waals surface area contributed by atoms with Crippen molar-refractivity contribution in [3.8, 4) is 17.8 Å². The summed E-state index contributed by atoms with van der Waals surface area (Å²) in [7, 11) is 2.04. The number of rotatable bonds is 17. The molecule has 0 spiro atoms. The number of hydrogen-bond acceptors (Lipinski definition) is 9. The molecule has 4 rings (SSSR count). The SMILES string of the molecule is CCC1(C)CCC(C)C(C)(CC)N1CCOc1nc(OCCN2C(C)(CC)CCC(C)C2(C)CC)nc(N(C)CCCc2cc(C)c(O)c(C(C)(C)C)c2)n1. The summed E-state index contributed by atoms with van der Waals surface area (Å²) in [5.74, 6) is 2.20. The highest BCUT2D eigenvalue weighted by atomic mass is 16.5. The number of aromatic nitrogens is 3. The molecule has 0 amide bonds. The van der Waals surface area contributed by atoms with Crippen molar-refractivity contribution >= 4 is 5.95 Å². The van der Waals surface area contributed by atoms with Gasteiger partial charge in [0.15, 0.2) is 0 Å². The van der Waals surface area contributed by atoms with Crippen molar-refractivity contribution < 1.29 is 14.6 Å². The van der Waals surface area contributed by atoms with Crippen LogP contribution in [-0.4, -0.2) is 91.9 Å². The molecule has 1 aromatic carbocycles. The van der Waals surface area contributed by atoms with E-state index in [1.165, 1.54) is 31.2 Å². The molecule has 2 saturated heterocycles. The molecule has 2 aromatic rings. The molecule has 0 aliphatic carbocycles. The lowest BCUT2D eigenvalue weighted by Gasteiger charge is -2.58. The van der Waals surface area contributed by atoms with Crippen LogP contribution in [0.25, 0.3) is 0 Å². The highest BCUT2D eigenvalue weighted by Crippen LogP contribution is 2.46. The van der Waals surface area contributed by atoms with E-state index in [2.05, 4.69) is 117 Å². The Hall–Kier alpha value is -2.65. The van der Waals surface area contributed by atoms with E-state index in [9.17, 15) is 5.11 Å². The van der Waals surface area contributed by atoms with Gasteiger partial charge in [-0.15, -0.1) is 4.98 Å². The van der Waals surface area contributed by atoms with E-state index in [-0.39, 0.29) is 27.6 Å². The Morgan fingerprint density at radius 2 is 1.25 bits per heavy atom. The quantitative estimate of drug-likeness (QED) is 0.169. The molecular weight excluding hydrogens is 685 g/mol. The predicted molar refractivity (Wildman–Crippen MR) is 229 cm³/mol. The summed E-state index contributed by atoms with van der Waals surface area (Å²) in [5.41, 5.74) is 3.50. The Balaban J connectivity index is 1.55. The first-order valence-electron chi connectivity index (χ1n) is 21.8. The van der Waals surface area contributed by atoms with E-state index in [4.69, 9.17) is 24.4 Å². The molecule has 6 atom stereocenters. The number of phenols is 1. The van der Waals surface area contributed by atoms with E-state index in [1.807, 2.05) is 14.0 Å². The van der Waals surface area contributed by atoms with Crippen LogP contribution >= 0.6 is 0 Å². The van der Waals surface area contributed by atoms with Crippen molar-refractivity contribution in [3.63, 3.8) is 0 Å². The van der Waals surface area contributed by atoms with Crippen molar-refractivity contribution in [3.05, 3.63) is 28.8 Å². The number of phenolic OH excluding ortho intramolecular Hbond substituents is 1. The third-order valence-corrected chi connectivity index (χ3v) is 15.0. The number of nitrogens with zero attached hydrogens (tertiary/aromatic N) is 6. The molecule has 55 heavy (non-hydrogen) atoms. The standard InChI is InChI=1S/C46H80N6O3/c1-16-43(11)24-22-34(6)45(13,18-3)51(43)27-29-54-40-47-39(50(15)26-20-21-36-31-33(5)38(53)37(32-36)42(8,9)10)48-41(49-40)55-30-28-52-44(12,17-2)25-23-35(7)46(52,14)19-4/h31-32,34-35,53H,16-30H2,1-15H3. The summed E-state index contributed by atoms with van der Waals surface area (Å²) in [6, 6.07) is 4.91. The minimum absolute atomic E-state index is 0.112. The first kappa shape index (κ1) is 45.1. The second kappa shape index (κ2) is 17.9. The molecule has 3 heterocycles. The van der Waals surface area contributed by atoms with Crippen LogP contribution in [-0.2, 0) is 11.8 Å². The summed E-state index contributed by atoms with van der Waals surface area (Å²) >= 11 is 0. The minimum atomic E-state index is -0.132. The Morgan fingerprint density at radius 1 is 0.782 bits per heavy atom. The van der Waals surface area contributed by atoms with Gasteiger partial charge >= 0.3 is 12.0 Å². The van der Waals surface area contributed by atoms with Gasteiger partial charge in [0.1, 0.15) is 19.0 Å². The molecule has 0 saturated carbocycles. The number of benzene rings is 1. The molecule has 0 bridgehead atoms. The number of anilines is 1. The van der Waals surface area contributed by atoms with Crippen LogP contribution in [0.1, 0.15) is 164 Å². The molecule has 2 aliphatic heterocycles. The molecule has 2 aliphatic rings. The van der Waals surface area contributed by atoms with Crippen molar-refractivity contribution in [2.24, 2.45) is 11.8 Å². The third-order valence-electron chi connectivity index (χ3n) is 15.0. The van der Waals surface area contributed by atoms with Crippen molar-refractivity contribution in [2.75, 3.05) is 44.8 Å². The molecule has 1 aromatic heterocycles. The zero-order valence-corrected chi connectivity index (χ0v) is 37.9. The number of likely N-dealkylation sites (tertiary alicyclic amines) is 2. The molecule has 9 heteroatoms. The molecule has 1 N–H and O–H groups in total. The van der Waals surface area contributed by atoms with E-state index >= 15 is 0 Å². The lowest BCUT2D eigenvalue weighted by Crippen LogP contribution is -2.64. The van der Waals surface area contributed by atoms with Gasteiger partial charge in [-0.3, -0.25) is 9.80 Å². The fourth-order valence-electron chi connectivity index (χ4n) is 9.85. The summed E-state index contributed by atoms with van der Waals surface area (Å²) in [6.45, 7) is 35.6. The lowest BCUT2D eigenvalue weighted by atomic mass is 9.69. The largest absolute Gasteiger partial charge is 0.507 e. The Labute approximate surface area is 336 Å². The fraction of sp³-hybridized carbons (Fsp3) is 0.804. The number of aromatic hydroxyl groups is 1. The maximum absolute atomic E-state index is 10.8. The summed E-state index contributed by atoms with van der Waals surface area (Å²) in [4.78, 5) is 22.0. The fourth-order valence-corrected chi connectivity index (χ4v) is 9.85. The second-order valence-electron chi connectivity index (χ2n) is 19.3. The van der Waals surface area contributed by atoms with Crippen LogP contribution in [0.5, 0.6) is 17.8 Å². The topological polar surface area (TPSA) is 87.1 Å². The average molecular weight is 765 g/mol. The van der Waals surface area contributed by atoms with E-state index in [0.717, 1.165) is 69.3 Å². The summed E-state index contributed by atoms with van der Waals surface area (Å²) in [6.07, 6.45) is 11.1. The van der Waals surface area contributed by atoms with Gasteiger partial charge < -0.3 is 19.5 Å². The van der Waals surface area contributed by atoms with E-state index < -0.39 is 0 Å². The van der Waals surface area contributed by atoms with Crippen LogP contribution in [0.3, 0.4) is 0 Å². The maximum atomic E-state index is 10.8. The van der Waals surface area contributed by atoms with Crippen molar-refractivity contribution in [1.82, 2.24) is 24.8 Å². The van der Waals surface area contributed by atoms with Gasteiger partial charge in [-0.1, -0.05) is 74.4 Å². The Kier molecular flexibility index (Phi) is 14.6. The van der Waals surface area contributed by atoms with Crippen LogP contribution in [0.15, 0.2) is 12.1 Å². The van der Waals surface area contributed by atoms with Crippen LogP contribution in [0.2, 0.25) is 0 Å². The molecular formula is C46H80N6O3. The Bertz CT molecular complexity index is 1490. The highest BCUT2D eigenvalue weighted by molar-refractivity contribution is 5.46. The summed E-state index contributed by atoms with van der Waals surface area (Å²) in [5, 5.41) is 10.8. The molecule has 0 radical (unpaired) electrons. The first-order valence-corrected chi connectivity index (χ1v) is 21.8. The van der Waals surface area contributed by atoms with Crippen LogP contribution < -0.4 is 14.4 Å². The van der Waals surface area contributed by atoms with E-state index in [1.54, 1.807) is 0 Å². The zero-order chi connectivity index (χ0) is 41.0. The Morgan fingerprint density at radius 3 is 1.67 bits per heavy atom. The van der Waals surface area contributed by atoms with Crippen molar-refractivity contribution in [2.45, 2.75) is 189 Å². The number of ether oxygens (including phenoxy) is 2. The average Bonchev–Trinajstić information content (AvgIpc) is 3.15. The number of hydrogen-bond donors (Lipinski definition) is 1. The minimum Gasteiger partial charge on any atom is -0.507 e. The van der Waals surface area contributed by atoms with Gasteiger partial charge in [0.25, 0.3) is 0 Å². The van der Waals surface area contributed by atoms with Crippen LogP contribution in [0.4, 0.5) is 5.95 Å². The van der Waals surface area contributed by atoms with Gasteiger partial charge in [-0.25, -0.2) is 0 Å². The maximum Gasteiger partial charge on any atom is 0.324 e. The van der Waals surface area contributed by atoms with Gasteiger partial charge in [0, 0.05) is 48.8 Å². The first-order chi connectivity index (χ1) is 25.7. The molecule has 6 unspecified atom stereocenters. The lowest BCUT2D eigenvalue weighted by molar-refractivity contribution is -0.0878. The zero-order valence-electron chi connectivity index (χ0n) is 37.9. The highest BCUT2D eigenvalue weighted by Gasteiger charge is 2.49.